The largest absolute Gasteiger partial charge is 0.489 e. The summed E-state index contributed by atoms with van der Waals surface area (Å²) in [5.41, 5.74) is 6.67. The minimum absolute atomic E-state index is 0.274. The van der Waals surface area contributed by atoms with E-state index in [4.69, 9.17) is 19.6 Å². The molecule has 1 aliphatic carbocycles. The lowest BCUT2D eigenvalue weighted by Gasteiger charge is -2.22. The number of anilines is 1. The van der Waals surface area contributed by atoms with Gasteiger partial charge in [0.05, 0.1) is 5.69 Å². The summed E-state index contributed by atoms with van der Waals surface area (Å²) in [6.07, 6.45) is 1.28. The predicted molar refractivity (Wildman–Crippen MR) is 96.7 cm³/mol. The normalized spacial score (nSPS) is 15.4. The first kappa shape index (κ1) is 18.8. The number of alkyl carbamates (subject to hydrolysis) is 1. The second-order valence-electron chi connectivity index (χ2n) is 7.53. The summed E-state index contributed by atoms with van der Waals surface area (Å²) in [6, 6.07) is 1.90. The highest BCUT2D eigenvalue weighted by molar-refractivity contribution is 5.82. The van der Waals surface area contributed by atoms with E-state index in [9.17, 15) is 14.7 Å². The second-order valence-corrected chi connectivity index (χ2v) is 7.53. The molecule has 2 aromatic rings. The van der Waals surface area contributed by atoms with Crippen LogP contribution in [0.3, 0.4) is 0 Å². The number of benzene rings is 1. The van der Waals surface area contributed by atoms with Crippen molar-refractivity contribution in [2.24, 2.45) is 0 Å². The van der Waals surface area contributed by atoms with Crippen molar-refractivity contribution in [1.82, 2.24) is 10.3 Å². The fourth-order valence-corrected chi connectivity index (χ4v) is 2.42. The number of hydrogen-bond acceptors (Lipinski definition) is 7. The first-order chi connectivity index (χ1) is 12.6. The zero-order valence-electron chi connectivity index (χ0n) is 15.4. The maximum Gasteiger partial charge on any atom is 0.408 e. The fourth-order valence-electron chi connectivity index (χ4n) is 2.42. The highest BCUT2D eigenvalue weighted by Crippen LogP contribution is 2.41. The molecule has 0 radical (unpaired) electrons. The lowest BCUT2D eigenvalue weighted by molar-refractivity contribution is -0.140. The van der Waals surface area contributed by atoms with Crippen molar-refractivity contribution in [3.8, 4) is 5.75 Å². The van der Waals surface area contributed by atoms with Gasteiger partial charge in [-0.05, 0) is 33.6 Å². The minimum Gasteiger partial charge on any atom is -0.489 e. The first-order valence-corrected chi connectivity index (χ1v) is 8.67. The van der Waals surface area contributed by atoms with E-state index in [0.717, 1.165) is 12.8 Å². The van der Waals surface area contributed by atoms with Crippen LogP contribution in [0.4, 0.5) is 10.5 Å². The van der Waals surface area contributed by atoms with Crippen LogP contribution in [0.15, 0.2) is 16.5 Å². The Morgan fingerprint density at radius 2 is 2.11 bits per heavy atom. The van der Waals surface area contributed by atoms with Crippen LogP contribution in [0.1, 0.15) is 45.4 Å². The van der Waals surface area contributed by atoms with E-state index in [1.165, 1.54) is 0 Å². The zero-order valence-corrected chi connectivity index (χ0v) is 15.4. The molecule has 0 bridgehead atoms. The molecule has 4 N–H and O–H groups in total. The first-order valence-electron chi connectivity index (χ1n) is 8.67. The number of aromatic nitrogens is 1. The Bertz CT molecular complexity index is 866. The quantitative estimate of drug-likeness (QED) is 0.653. The number of nitrogens with zero attached hydrogens (tertiary/aromatic N) is 1. The third kappa shape index (κ3) is 4.81. The lowest BCUT2D eigenvalue weighted by Crippen LogP contribution is -2.46. The molecule has 1 aromatic heterocycles. The molecule has 1 unspecified atom stereocenters. The molecule has 1 atom stereocenters. The van der Waals surface area contributed by atoms with Crippen LogP contribution in [-0.4, -0.2) is 40.4 Å². The van der Waals surface area contributed by atoms with Crippen molar-refractivity contribution in [2.45, 2.75) is 51.2 Å². The van der Waals surface area contributed by atoms with Gasteiger partial charge in [-0.15, -0.1) is 0 Å². The standard InChI is InChI=1S/C18H23N3O6/c1-18(2,3)27-17(24)21-12(16(22)23)8-25-13-7-11-14(6-10(13)19)26-15(20-11)9-4-5-9/h6-7,9,12H,4-5,8,19H2,1-3H3,(H,21,24)(H,22,23). The molecule has 9 nitrogen and oxygen atoms in total. The summed E-state index contributed by atoms with van der Waals surface area (Å²) in [6.45, 7) is 4.73. The van der Waals surface area contributed by atoms with Crippen LogP contribution >= 0.6 is 0 Å². The number of carbonyl (C=O) groups is 2. The summed E-state index contributed by atoms with van der Waals surface area (Å²) in [4.78, 5) is 27.6. The lowest BCUT2D eigenvalue weighted by atomic mass is 10.2. The molecule has 0 aliphatic heterocycles. The Morgan fingerprint density at radius 1 is 1.41 bits per heavy atom. The zero-order chi connectivity index (χ0) is 19.8. The maximum atomic E-state index is 11.8. The van der Waals surface area contributed by atoms with Gasteiger partial charge in [-0.1, -0.05) is 0 Å². The molecule has 0 spiro atoms. The molecule has 3 rings (SSSR count). The summed E-state index contributed by atoms with van der Waals surface area (Å²) in [5.74, 6) is 0.0577. The van der Waals surface area contributed by atoms with Gasteiger partial charge in [0.15, 0.2) is 17.5 Å². The highest BCUT2D eigenvalue weighted by atomic mass is 16.6. The van der Waals surface area contributed by atoms with E-state index in [0.29, 0.717) is 28.6 Å². The van der Waals surface area contributed by atoms with Gasteiger partial charge < -0.3 is 30.0 Å². The number of carbonyl (C=O) groups excluding carboxylic acids is 1. The predicted octanol–water partition coefficient (Wildman–Crippen LogP) is 2.64. The molecule has 1 aliphatic rings. The van der Waals surface area contributed by atoms with Gasteiger partial charge in [-0.3, -0.25) is 0 Å². The average Bonchev–Trinajstić information content (AvgIpc) is 3.30. The summed E-state index contributed by atoms with van der Waals surface area (Å²) in [7, 11) is 0. The van der Waals surface area contributed by atoms with E-state index in [1.54, 1.807) is 32.9 Å². The molecular formula is C18H23N3O6. The van der Waals surface area contributed by atoms with Crippen LogP contribution in [0, 0.1) is 0 Å². The molecule has 1 heterocycles. The Morgan fingerprint density at radius 3 is 2.70 bits per heavy atom. The van der Waals surface area contributed by atoms with E-state index in [1.807, 2.05) is 0 Å². The van der Waals surface area contributed by atoms with Crippen molar-refractivity contribution in [1.29, 1.82) is 0 Å². The number of nitrogen functional groups attached to an aromatic ring is 1. The smallest absolute Gasteiger partial charge is 0.408 e. The third-order valence-electron chi connectivity index (χ3n) is 3.86. The monoisotopic (exact) mass is 377 g/mol. The molecular weight excluding hydrogens is 354 g/mol. The molecule has 9 heteroatoms. The molecule has 0 saturated heterocycles. The summed E-state index contributed by atoms with van der Waals surface area (Å²) < 4.78 is 16.3. The molecule has 27 heavy (non-hydrogen) atoms. The number of aliphatic carboxylic acids is 1. The highest BCUT2D eigenvalue weighted by Gasteiger charge is 2.29. The number of nitrogens with two attached hydrogens (primary N) is 1. The molecule has 146 valence electrons. The Labute approximate surface area is 155 Å². The maximum absolute atomic E-state index is 11.8. The number of carboxylic acids is 1. The van der Waals surface area contributed by atoms with E-state index >= 15 is 0 Å². The van der Waals surface area contributed by atoms with Crippen molar-refractivity contribution >= 4 is 28.8 Å². The molecule has 1 amide bonds. The number of fused-ring (bicyclic) bond motifs is 1. The van der Waals surface area contributed by atoms with Crippen molar-refractivity contribution in [3.05, 3.63) is 18.0 Å². The number of ether oxygens (including phenoxy) is 2. The van der Waals surface area contributed by atoms with Crippen molar-refractivity contribution < 1.29 is 28.6 Å². The van der Waals surface area contributed by atoms with Gasteiger partial charge in [0.25, 0.3) is 0 Å². The Hall–Kier alpha value is -2.97. The van der Waals surface area contributed by atoms with Crippen molar-refractivity contribution in [3.63, 3.8) is 0 Å². The van der Waals surface area contributed by atoms with Crippen LogP contribution in [0.5, 0.6) is 5.75 Å². The third-order valence-corrected chi connectivity index (χ3v) is 3.86. The van der Waals surface area contributed by atoms with Crippen LogP contribution in [0.2, 0.25) is 0 Å². The van der Waals surface area contributed by atoms with Gasteiger partial charge in [0.1, 0.15) is 23.5 Å². The van der Waals surface area contributed by atoms with Crippen LogP contribution in [-0.2, 0) is 9.53 Å². The molecule has 1 saturated carbocycles. The van der Waals surface area contributed by atoms with Crippen LogP contribution in [0.25, 0.3) is 11.1 Å². The second kappa shape index (κ2) is 6.98. The number of hydrogen-bond donors (Lipinski definition) is 3. The minimum atomic E-state index is -1.30. The number of oxazole rings is 1. The van der Waals surface area contributed by atoms with E-state index in [2.05, 4.69) is 10.3 Å². The van der Waals surface area contributed by atoms with E-state index < -0.39 is 23.7 Å². The van der Waals surface area contributed by atoms with Crippen LogP contribution < -0.4 is 15.8 Å². The van der Waals surface area contributed by atoms with Gasteiger partial charge in [0.2, 0.25) is 0 Å². The number of rotatable bonds is 6. The average molecular weight is 377 g/mol. The number of carboxylic acid groups (broad SMARTS) is 1. The van der Waals surface area contributed by atoms with Gasteiger partial charge in [-0.2, -0.15) is 0 Å². The van der Waals surface area contributed by atoms with E-state index in [-0.39, 0.29) is 12.4 Å². The van der Waals surface area contributed by atoms with Crippen molar-refractivity contribution in [2.75, 3.05) is 12.3 Å². The summed E-state index contributed by atoms with van der Waals surface area (Å²) >= 11 is 0. The Kier molecular flexibility index (Phi) is 4.86. The van der Waals surface area contributed by atoms with Gasteiger partial charge >= 0.3 is 12.1 Å². The summed E-state index contributed by atoms with van der Waals surface area (Å²) in [5, 5.41) is 11.6. The Balaban J connectivity index is 1.68. The van der Waals surface area contributed by atoms with Gasteiger partial charge in [-0.25, -0.2) is 14.6 Å². The topological polar surface area (TPSA) is 137 Å². The fraction of sp³-hybridized carbons (Fsp3) is 0.500. The molecule has 1 fully saturated rings. The van der Waals surface area contributed by atoms with Gasteiger partial charge in [0, 0.05) is 18.1 Å². The number of nitrogens with one attached hydrogen (secondary N) is 1. The molecule has 1 aromatic carbocycles. The SMILES string of the molecule is CC(C)(C)OC(=O)NC(COc1cc2nc(C3CC3)oc2cc1N)C(=O)O. The number of amides is 1.